The first-order valence-corrected chi connectivity index (χ1v) is 12.3. The molecule has 2 N–H and O–H groups in total. The fourth-order valence-electron chi connectivity index (χ4n) is 3.53. The molecule has 1 fully saturated rings. The third kappa shape index (κ3) is 5.72. The van der Waals surface area contributed by atoms with Crippen LogP contribution < -0.4 is 15.5 Å². The minimum atomic E-state index is -4.93. The van der Waals surface area contributed by atoms with Gasteiger partial charge in [-0.25, -0.2) is 13.4 Å². The highest BCUT2D eigenvalue weighted by atomic mass is 32.2. The SMILES string of the molecule is Cc1cc(N2CCOCC2)nc(Nc2ccc(NC(=O)c3ccccc3S(=O)(=O)C(F)F)cc2)n1. The van der Waals surface area contributed by atoms with E-state index in [1.807, 2.05) is 13.0 Å². The molecule has 4 rings (SSSR count). The number of sulfone groups is 1. The highest BCUT2D eigenvalue weighted by molar-refractivity contribution is 7.91. The Morgan fingerprint density at radius 3 is 2.37 bits per heavy atom. The molecule has 0 atom stereocenters. The Hall–Kier alpha value is -3.64. The van der Waals surface area contributed by atoms with E-state index in [9.17, 15) is 22.0 Å². The number of benzene rings is 2. The molecule has 1 aromatic heterocycles. The van der Waals surface area contributed by atoms with Crippen LogP contribution in [0.4, 0.5) is 31.9 Å². The number of carbonyl (C=O) groups is 1. The van der Waals surface area contributed by atoms with Crippen LogP contribution in [0, 0.1) is 6.92 Å². The van der Waals surface area contributed by atoms with E-state index in [-0.39, 0.29) is 5.56 Å². The molecule has 184 valence electrons. The average Bonchev–Trinajstić information content (AvgIpc) is 2.85. The van der Waals surface area contributed by atoms with Crippen LogP contribution >= 0.6 is 0 Å². The quantitative estimate of drug-likeness (QED) is 0.503. The van der Waals surface area contributed by atoms with E-state index in [1.54, 1.807) is 24.3 Å². The zero-order valence-corrected chi connectivity index (χ0v) is 19.6. The number of morpholine rings is 1. The van der Waals surface area contributed by atoms with Gasteiger partial charge in [0.1, 0.15) is 5.82 Å². The maximum atomic E-state index is 13.0. The van der Waals surface area contributed by atoms with Gasteiger partial charge in [-0.15, -0.1) is 0 Å². The maximum absolute atomic E-state index is 13.0. The number of alkyl halides is 2. The van der Waals surface area contributed by atoms with Crippen LogP contribution in [-0.2, 0) is 14.6 Å². The van der Waals surface area contributed by atoms with E-state index < -0.39 is 26.4 Å². The summed E-state index contributed by atoms with van der Waals surface area (Å²) in [6.45, 7) is 4.63. The smallest absolute Gasteiger partial charge is 0.341 e. The van der Waals surface area contributed by atoms with Crippen molar-refractivity contribution >= 4 is 38.9 Å². The van der Waals surface area contributed by atoms with Gasteiger partial charge in [0.2, 0.25) is 15.8 Å². The number of anilines is 4. The number of aromatic nitrogens is 2. The van der Waals surface area contributed by atoms with Crippen molar-refractivity contribution in [2.45, 2.75) is 17.6 Å². The molecule has 9 nitrogen and oxygen atoms in total. The zero-order chi connectivity index (χ0) is 25.0. The second kappa shape index (κ2) is 10.3. The molecule has 1 aliphatic rings. The van der Waals surface area contributed by atoms with Crippen molar-refractivity contribution in [3.63, 3.8) is 0 Å². The van der Waals surface area contributed by atoms with Crippen LogP contribution in [-0.4, -0.2) is 56.4 Å². The zero-order valence-electron chi connectivity index (χ0n) is 18.7. The highest BCUT2D eigenvalue weighted by Crippen LogP contribution is 2.24. The molecule has 0 unspecified atom stereocenters. The Bertz CT molecular complexity index is 1310. The topological polar surface area (TPSA) is 114 Å². The van der Waals surface area contributed by atoms with E-state index in [1.165, 1.54) is 18.2 Å². The molecule has 0 aliphatic carbocycles. The first-order valence-electron chi connectivity index (χ1n) is 10.7. The lowest BCUT2D eigenvalue weighted by molar-refractivity contribution is 0.102. The number of nitrogens with one attached hydrogen (secondary N) is 2. The van der Waals surface area contributed by atoms with Gasteiger partial charge in [-0.3, -0.25) is 4.79 Å². The van der Waals surface area contributed by atoms with E-state index in [0.29, 0.717) is 30.5 Å². The van der Waals surface area contributed by atoms with Gasteiger partial charge in [-0.2, -0.15) is 13.8 Å². The van der Waals surface area contributed by atoms with E-state index in [0.717, 1.165) is 30.7 Å². The molecule has 35 heavy (non-hydrogen) atoms. The Kier molecular flexibility index (Phi) is 7.22. The number of amides is 1. The first kappa shape index (κ1) is 24.5. The number of halogens is 2. The molecular weight excluding hydrogens is 480 g/mol. The van der Waals surface area contributed by atoms with Gasteiger partial charge in [0.25, 0.3) is 5.91 Å². The van der Waals surface area contributed by atoms with Crippen LogP contribution in [0.3, 0.4) is 0 Å². The van der Waals surface area contributed by atoms with Crippen LogP contribution in [0.15, 0.2) is 59.5 Å². The summed E-state index contributed by atoms with van der Waals surface area (Å²) >= 11 is 0. The van der Waals surface area contributed by atoms with Crippen molar-refractivity contribution in [3.05, 3.63) is 65.9 Å². The van der Waals surface area contributed by atoms with Crippen molar-refractivity contribution in [1.29, 1.82) is 0 Å². The Labute approximate surface area is 201 Å². The standard InChI is InChI=1S/C23H23F2N5O4S/c1-15-14-20(30-10-12-34-13-11-30)29-23(26-15)28-17-8-6-16(7-9-17)27-21(31)18-4-2-3-5-19(18)35(32,33)22(24)25/h2-9,14,22H,10-13H2,1H3,(H,27,31)(H,26,28,29). The van der Waals surface area contributed by atoms with E-state index >= 15 is 0 Å². The van der Waals surface area contributed by atoms with Crippen LogP contribution in [0.1, 0.15) is 16.1 Å². The predicted octanol–water partition coefficient (Wildman–Crippen LogP) is 3.61. The van der Waals surface area contributed by atoms with E-state index in [4.69, 9.17) is 4.74 Å². The van der Waals surface area contributed by atoms with Gasteiger partial charge in [0.15, 0.2) is 0 Å². The second-order valence-electron chi connectivity index (χ2n) is 7.75. The van der Waals surface area contributed by atoms with Crippen LogP contribution in [0.25, 0.3) is 0 Å². The molecule has 0 bridgehead atoms. The Morgan fingerprint density at radius 1 is 1.03 bits per heavy atom. The summed E-state index contributed by atoms with van der Waals surface area (Å²) in [7, 11) is -4.93. The summed E-state index contributed by atoms with van der Waals surface area (Å²) in [6.07, 6.45) is 0. The largest absolute Gasteiger partial charge is 0.378 e. The number of carbonyl (C=O) groups excluding carboxylic acids is 1. The van der Waals surface area contributed by atoms with Crippen molar-refractivity contribution in [1.82, 2.24) is 9.97 Å². The molecule has 12 heteroatoms. The molecule has 1 amide bonds. The number of hydrogen-bond donors (Lipinski definition) is 2. The molecule has 1 saturated heterocycles. The van der Waals surface area contributed by atoms with Gasteiger partial charge in [-0.1, -0.05) is 12.1 Å². The molecule has 1 aliphatic heterocycles. The Morgan fingerprint density at radius 2 is 1.69 bits per heavy atom. The maximum Gasteiger partial charge on any atom is 0.341 e. The Balaban J connectivity index is 1.47. The highest BCUT2D eigenvalue weighted by Gasteiger charge is 2.30. The lowest BCUT2D eigenvalue weighted by Gasteiger charge is -2.28. The summed E-state index contributed by atoms with van der Waals surface area (Å²) in [5.74, 6) is -3.24. The number of rotatable bonds is 7. The normalized spacial score (nSPS) is 14.1. The third-order valence-electron chi connectivity index (χ3n) is 5.25. The van der Waals surface area contributed by atoms with Gasteiger partial charge < -0.3 is 20.3 Å². The number of nitrogens with zero attached hydrogens (tertiary/aromatic N) is 3. The van der Waals surface area contributed by atoms with Crippen LogP contribution in [0.5, 0.6) is 0 Å². The summed E-state index contributed by atoms with van der Waals surface area (Å²) in [6, 6.07) is 13.3. The van der Waals surface area contributed by atoms with Crippen molar-refractivity contribution in [2.75, 3.05) is 41.8 Å². The molecule has 0 saturated carbocycles. The first-order chi connectivity index (χ1) is 16.7. The summed E-state index contributed by atoms with van der Waals surface area (Å²) in [5.41, 5.74) is 1.44. The molecule has 2 aromatic carbocycles. The minimum Gasteiger partial charge on any atom is -0.378 e. The summed E-state index contributed by atoms with van der Waals surface area (Å²) in [4.78, 5) is 23.0. The fourth-order valence-corrected chi connectivity index (χ4v) is 4.45. The fraction of sp³-hybridized carbons (Fsp3) is 0.261. The molecule has 2 heterocycles. The van der Waals surface area contributed by atoms with Gasteiger partial charge in [-0.05, 0) is 43.3 Å². The number of aryl methyl sites for hydroxylation is 1. The van der Waals surface area contributed by atoms with Gasteiger partial charge >= 0.3 is 5.76 Å². The lowest BCUT2D eigenvalue weighted by Crippen LogP contribution is -2.36. The van der Waals surface area contributed by atoms with Crippen molar-refractivity contribution in [3.8, 4) is 0 Å². The molecule has 0 radical (unpaired) electrons. The lowest BCUT2D eigenvalue weighted by atomic mass is 10.2. The second-order valence-corrected chi connectivity index (χ2v) is 9.64. The molecule has 3 aromatic rings. The number of hydrogen-bond acceptors (Lipinski definition) is 8. The van der Waals surface area contributed by atoms with Crippen molar-refractivity contribution in [2.24, 2.45) is 0 Å². The predicted molar refractivity (Wildman–Crippen MR) is 127 cm³/mol. The third-order valence-corrected chi connectivity index (χ3v) is 6.69. The van der Waals surface area contributed by atoms with Gasteiger partial charge in [0.05, 0.1) is 23.7 Å². The molecule has 0 spiro atoms. The van der Waals surface area contributed by atoms with Crippen LogP contribution in [0.2, 0.25) is 0 Å². The average molecular weight is 504 g/mol. The number of ether oxygens (including phenoxy) is 1. The van der Waals surface area contributed by atoms with E-state index in [2.05, 4.69) is 25.5 Å². The monoisotopic (exact) mass is 503 g/mol. The van der Waals surface area contributed by atoms with Crippen molar-refractivity contribution < 1.29 is 26.7 Å². The van der Waals surface area contributed by atoms with Gasteiger partial charge in [0, 0.05) is 36.2 Å². The summed E-state index contributed by atoms with van der Waals surface area (Å²) in [5, 5.41) is 5.66. The minimum absolute atomic E-state index is 0.351. The molecular formula is C23H23F2N5O4S. The summed E-state index contributed by atoms with van der Waals surface area (Å²) < 4.78 is 55.2.